The molecule has 2 N–H and O–H groups in total. The van der Waals surface area contributed by atoms with E-state index in [9.17, 15) is 13.2 Å². The van der Waals surface area contributed by atoms with Crippen LogP contribution in [0.5, 0.6) is 0 Å². The number of aromatic nitrogens is 1. The van der Waals surface area contributed by atoms with Crippen molar-refractivity contribution >= 4 is 80.3 Å². The molecule has 1 aliphatic heterocycles. The number of nitrogens with one attached hydrogen (secondary N) is 2. The minimum Gasteiger partial charge on any atom is -0.353 e. The molecule has 1 aliphatic rings. The van der Waals surface area contributed by atoms with Crippen molar-refractivity contribution in [2.24, 2.45) is 0 Å². The van der Waals surface area contributed by atoms with Gasteiger partial charge >= 0.3 is 0 Å². The van der Waals surface area contributed by atoms with Crippen molar-refractivity contribution in [3.05, 3.63) is 63.5 Å². The number of piperidine rings is 1. The van der Waals surface area contributed by atoms with E-state index in [1.807, 2.05) is 29.6 Å². The summed E-state index contributed by atoms with van der Waals surface area (Å²) in [7, 11) is -3.35. The zero-order valence-electron chi connectivity index (χ0n) is 19.9. The predicted octanol–water partition coefficient (Wildman–Crippen LogP) is 5.78. The van der Waals surface area contributed by atoms with E-state index >= 15 is 0 Å². The Morgan fingerprint density at radius 3 is 2.62 bits per heavy atom. The van der Waals surface area contributed by atoms with Gasteiger partial charge in [-0.15, -0.1) is 23.7 Å². The first-order chi connectivity index (χ1) is 17.1. The monoisotopic (exact) mass is 620 g/mol. The molecule has 0 aliphatic carbocycles. The lowest BCUT2D eigenvalue weighted by Gasteiger charge is -2.32. The van der Waals surface area contributed by atoms with Crippen molar-refractivity contribution < 1.29 is 13.2 Å². The number of amides is 1. The van der Waals surface area contributed by atoms with Crippen LogP contribution in [0.15, 0.2) is 52.2 Å². The highest BCUT2D eigenvalue weighted by Crippen LogP contribution is 2.30. The fourth-order valence-electron chi connectivity index (χ4n) is 3.94. The van der Waals surface area contributed by atoms with Crippen LogP contribution in [0.2, 0.25) is 10.0 Å². The van der Waals surface area contributed by atoms with Crippen molar-refractivity contribution in [2.45, 2.75) is 29.8 Å². The summed E-state index contributed by atoms with van der Waals surface area (Å²) in [4.78, 5) is 19.5. The maximum absolute atomic E-state index is 12.5. The normalized spacial score (nSPS) is 14.7. The number of thioether (sulfide) groups is 1. The highest BCUT2D eigenvalue weighted by atomic mass is 35.5. The van der Waals surface area contributed by atoms with Gasteiger partial charge in [-0.05, 0) is 42.7 Å². The first-order valence-electron chi connectivity index (χ1n) is 11.3. The first kappa shape index (κ1) is 30.0. The zero-order valence-corrected chi connectivity index (χ0v) is 24.7. The van der Waals surface area contributed by atoms with Crippen LogP contribution in [0.4, 0.5) is 5.69 Å². The smallest absolute Gasteiger partial charge is 0.230 e. The van der Waals surface area contributed by atoms with Gasteiger partial charge in [0.15, 0.2) is 4.34 Å². The third-order valence-electron chi connectivity index (χ3n) is 5.61. The molecule has 2 aromatic carbocycles. The summed E-state index contributed by atoms with van der Waals surface area (Å²) < 4.78 is 26.2. The molecule has 7 nitrogen and oxygen atoms in total. The summed E-state index contributed by atoms with van der Waals surface area (Å²) in [5.74, 6) is 0.297. The van der Waals surface area contributed by atoms with Gasteiger partial charge in [-0.3, -0.25) is 14.4 Å². The predicted molar refractivity (Wildman–Crippen MR) is 157 cm³/mol. The summed E-state index contributed by atoms with van der Waals surface area (Å²) in [5, 5.41) is 6.18. The minimum atomic E-state index is -3.35. The molecule has 0 radical (unpaired) electrons. The topological polar surface area (TPSA) is 91.4 Å². The SMILES string of the molecule is CS(=O)(=O)Nc1cccc(-c2csc(SCC(=O)NC3CCN(Cc4ccc(Cl)c(Cl)c4)CC3)n2)c1.Cl. The van der Waals surface area contributed by atoms with Crippen molar-refractivity contribution in [1.82, 2.24) is 15.2 Å². The average Bonchev–Trinajstić information content (AvgIpc) is 3.30. The number of hydrogen-bond acceptors (Lipinski definition) is 7. The Kier molecular flexibility index (Phi) is 11.0. The second-order valence-corrected chi connectivity index (χ2v) is 13.3. The number of likely N-dealkylation sites (tertiary alicyclic amines) is 1. The number of halogens is 3. The number of thiazole rings is 1. The molecule has 0 bridgehead atoms. The molecule has 1 fully saturated rings. The maximum atomic E-state index is 12.5. The molecular formula is C24H27Cl3N4O3S3. The summed E-state index contributed by atoms with van der Waals surface area (Å²) in [6, 6.07) is 13.0. The van der Waals surface area contributed by atoms with Crippen LogP contribution < -0.4 is 10.0 Å². The molecule has 1 saturated heterocycles. The second kappa shape index (κ2) is 13.5. The lowest BCUT2D eigenvalue weighted by atomic mass is 10.0. The number of anilines is 1. The Balaban J connectivity index is 0.00000380. The van der Waals surface area contributed by atoms with Gasteiger partial charge in [-0.2, -0.15) is 0 Å². The fourth-order valence-corrected chi connectivity index (χ4v) is 6.46. The van der Waals surface area contributed by atoms with E-state index in [1.54, 1.807) is 18.2 Å². The Bertz CT molecular complexity index is 1330. The van der Waals surface area contributed by atoms with Gasteiger partial charge in [0.2, 0.25) is 15.9 Å². The number of hydrogen-bond donors (Lipinski definition) is 2. The van der Waals surface area contributed by atoms with Gasteiger partial charge in [-0.25, -0.2) is 13.4 Å². The van der Waals surface area contributed by atoms with E-state index < -0.39 is 10.0 Å². The quantitative estimate of drug-likeness (QED) is 0.294. The number of carbonyl (C=O) groups excluding carboxylic acids is 1. The van der Waals surface area contributed by atoms with Crippen LogP contribution in [0.25, 0.3) is 11.3 Å². The van der Waals surface area contributed by atoms with E-state index in [0.29, 0.717) is 21.5 Å². The summed E-state index contributed by atoms with van der Waals surface area (Å²) in [6.45, 7) is 2.62. The third-order valence-corrected chi connectivity index (χ3v) is 8.98. The molecule has 13 heteroatoms. The van der Waals surface area contributed by atoms with E-state index in [0.717, 1.165) is 59.9 Å². The standard InChI is InChI=1S/C24H26Cl2N4O3S3.ClH/c1-36(32,33)29-19-4-2-3-17(12-19)22-14-34-24(28-22)35-15-23(31)27-18-7-9-30(10-8-18)13-16-5-6-20(25)21(26)11-16;/h2-6,11-12,14,18,29H,7-10,13,15H2,1H3,(H,27,31);1H. The highest BCUT2D eigenvalue weighted by Gasteiger charge is 2.21. The van der Waals surface area contributed by atoms with E-state index in [4.69, 9.17) is 23.2 Å². The van der Waals surface area contributed by atoms with Gasteiger partial charge in [0.05, 0.1) is 27.7 Å². The number of benzene rings is 2. The molecule has 0 atom stereocenters. The molecule has 0 unspecified atom stereocenters. The molecule has 1 amide bonds. The molecule has 2 heterocycles. The maximum Gasteiger partial charge on any atom is 0.230 e. The first-order valence-corrected chi connectivity index (χ1v) is 15.8. The van der Waals surface area contributed by atoms with Crippen LogP contribution in [0.3, 0.4) is 0 Å². The van der Waals surface area contributed by atoms with Crippen LogP contribution in [0, 0.1) is 0 Å². The summed E-state index contributed by atoms with van der Waals surface area (Å²) >= 11 is 15.0. The Hall–Kier alpha value is -1.53. The third kappa shape index (κ3) is 9.31. The van der Waals surface area contributed by atoms with Crippen molar-refractivity contribution in [3.63, 3.8) is 0 Å². The summed E-state index contributed by atoms with van der Waals surface area (Å²) in [5.41, 5.74) is 3.17. The summed E-state index contributed by atoms with van der Waals surface area (Å²) in [6.07, 6.45) is 2.91. The lowest BCUT2D eigenvalue weighted by molar-refractivity contribution is -0.119. The molecule has 1 aromatic heterocycles. The highest BCUT2D eigenvalue weighted by molar-refractivity contribution is 8.01. The lowest BCUT2D eigenvalue weighted by Crippen LogP contribution is -2.44. The molecule has 0 spiro atoms. The molecule has 4 rings (SSSR count). The Labute approximate surface area is 241 Å². The van der Waals surface area contributed by atoms with E-state index in [2.05, 4.69) is 19.9 Å². The Morgan fingerprint density at radius 2 is 1.92 bits per heavy atom. The fraction of sp³-hybridized carbons (Fsp3) is 0.333. The molecule has 3 aromatic rings. The van der Waals surface area contributed by atoms with Gasteiger partial charge in [0.25, 0.3) is 0 Å². The number of nitrogens with zero attached hydrogens (tertiary/aromatic N) is 2. The van der Waals surface area contributed by atoms with Crippen LogP contribution in [-0.2, 0) is 21.4 Å². The molecular weight excluding hydrogens is 595 g/mol. The van der Waals surface area contributed by atoms with Crippen molar-refractivity contribution in [2.75, 3.05) is 29.8 Å². The van der Waals surface area contributed by atoms with Crippen molar-refractivity contribution in [1.29, 1.82) is 0 Å². The molecule has 0 saturated carbocycles. The number of sulfonamides is 1. The zero-order chi connectivity index (χ0) is 25.7. The molecule has 37 heavy (non-hydrogen) atoms. The second-order valence-electron chi connectivity index (χ2n) is 8.61. The van der Waals surface area contributed by atoms with Gasteiger partial charge in [-0.1, -0.05) is 53.2 Å². The number of rotatable bonds is 9. The van der Waals surface area contributed by atoms with Gasteiger partial charge in [0.1, 0.15) is 0 Å². The van der Waals surface area contributed by atoms with Crippen LogP contribution in [-0.4, -0.2) is 55.3 Å². The van der Waals surface area contributed by atoms with E-state index in [1.165, 1.54) is 23.1 Å². The Morgan fingerprint density at radius 1 is 1.16 bits per heavy atom. The average molecular weight is 622 g/mol. The van der Waals surface area contributed by atoms with Crippen LogP contribution in [0.1, 0.15) is 18.4 Å². The molecule has 200 valence electrons. The van der Waals surface area contributed by atoms with Gasteiger partial charge < -0.3 is 5.32 Å². The van der Waals surface area contributed by atoms with Crippen molar-refractivity contribution in [3.8, 4) is 11.3 Å². The van der Waals surface area contributed by atoms with E-state index in [-0.39, 0.29) is 24.4 Å². The van der Waals surface area contributed by atoms with Crippen LogP contribution >= 0.6 is 58.7 Å². The minimum absolute atomic E-state index is 0. The van der Waals surface area contributed by atoms with Gasteiger partial charge in [0, 0.05) is 42.3 Å². The number of carbonyl (C=O) groups is 1. The largest absolute Gasteiger partial charge is 0.353 e.